The number of sulfonamides is 1. The lowest BCUT2D eigenvalue weighted by Crippen LogP contribution is -2.49. The second-order valence-electron chi connectivity index (χ2n) is 9.77. The highest BCUT2D eigenvalue weighted by molar-refractivity contribution is 7.92. The van der Waals surface area contributed by atoms with E-state index in [-0.39, 0.29) is 24.1 Å². The van der Waals surface area contributed by atoms with Crippen molar-refractivity contribution in [1.29, 1.82) is 0 Å². The summed E-state index contributed by atoms with van der Waals surface area (Å²) in [5.41, 5.74) is 0.748. The highest BCUT2D eigenvalue weighted by Crippen LogP contribution is 2.37. The SMILES string of the molecule is CS(=O)(=O)Nc1ccn(C(=O)N2CCN(Cc3ccc(C(F)(F)F)cc3N3CC4CCC(C3)O4)CC2)n1. The second-order valence-corrected chi connectivity index (χ2v) is 11.5. The third kappa shape index (κ3) is 6.02. The number of morpholine rings is 1. The van der Waals surface area contributed by atoms with Gasteiger partial charge < -0.3 is 14.5 Å². The molecule has 5 rings (SSSR count). The maximum Gasteiger partial charge on any atom is 0.416 e. The number of piperazine rings is 1. The van der Waals surface area contributed by atoms with Crippen molar-refractivity contribution < 1.29 is 31.1 Å². The Labute approximate surface area is 213 Å². The van der Waals surface area contributed by atoms with Crippen LogP contribution in [-0.2, 0) is 27.5 Å². The van der Waals surface area contributed by atoms with Crippen molar-refractivity contribution >= 4 is 27.6 Å². The molecular weight excluding hydrogens is 513 g/mol. The maximum absolute atomic E-state index is 13.5. The third-order valence-corrected chi connectivity index (χ3v) is 7.49. The van der Waals surface area contributed by atoms with Crippen molar-refractivity contribution in [3.63, 3.8) is 0 Å². The van der Waals surface area contributed by atoms with E-state index < -0.39 is 21.8 Å². The van der Waals surface area contributed by atoms with E-state index in [0.29, 0.717) is 51.5 Å². The first-order chi connectivity index (χ1) is 17.4. The first kappa shape index (κ1) is 25.8. The van der Waals surface area contributed by atoms with Crippen molar-refractivity contribution in [3.05, 3.63) is 41.6 Å². The number of anilines is 2. The summed E-state index contributed by atoms with van der Waals surface area (Å²) in [6.45, 7) is 3.51. The van der Waals surface area contributed by atoms with Gasteiger partial charge in [0.25, 0.3) is 0 Å². The summed E-state index contributed by atoms with van der Waals surface area (Å²) < 4.78 is 72.4. The minimum Gasteiger partial charge on any atom is -0.371 e. The summed E-state index contributed by atoms with van der Waals surface area (Å²) in [7, 11) is -3.51. The van der Waals surface area contributed by atoms with Gasteiger partial charge in [-0.3, -0.25) is 9.62 Å². The fourth-order valence-electron chi connectivity index (χ4n) is 5.14. The monoisotopic (exact) mass is 542 g/mol. The third-order valence-electron chi connectivity index (χ3n) is 6.91. The van der Waals surface area contributed by atoms with E-state index in [1.165, 1.54) is 18.3 Å². The predicted molar refractivity (Wildman–Crippen MR) is 130 cm³/mol. The van der Waals surface area contributed by atoms with Gasteiger partial charge in [-0.25, -0.2) is 13.2 Å². The molecule has 1 aromatic heterocycles. The van der Waals surface area contributed by atoms with Gasteiger partial charge in [-0.15, -0.1) is 5.10 Å². The lowest BCUT2D eigenvalue weighted by molar-refractivity contribution is -0.137. The van der Waals surface area contributed by atoms with E-state index >= 15 is 0 Å². The summed E-state index contributed by atoms with van der Waals surface area (Å²) in [6.07, 6.45) is -0.0864. The van der Waals surface area contributed by atoms with E-state index in [9.17, 15) is 26.4 Å². The van der Waals surface area contributed by atoms with Crippen LogP contribution in [0.5, 0.6) is 0 Å². The summed E-state index contributed by atoms with van der Waals surface area (Å²) >= 11 is 0. The normalized spacial score (nSPS) is 22.9. The van der Waals surface area contributed by atoms with Gasteiger partial charge in [0, 0.05) is 63.8 Å². The molecule has 3 aliphatic heterocycles. The fourth-order valence-corrected chi connectivity index (χ4v) is 5.63. The number of rotatable bonds is 5. The van der Waals surface area contributed by atoms with Gasteiger partial charge in [-0.2, -0.15) is 17.9 Å². The topological polar surface area (TPSA) is 100 Å². The number of hydrogen-bond donors (Lipinski definition) is 1. The molecule has 14 heteroatoms. The van der Waals surface area contributed by atoms with Gasteiger partial charge in [0.15, 0.2) is 5.82 Å². The molecule has 2 aromatic rings. The van der Waals surface area contributed by atoms with Gasteiger partial charge in [0.05, 0.1) is 24.0 Å². The van der Waals surface area contributed by atoms with Crippen LogP contribution in [-0.4, -0.2) is 91.8 Å². The molecule has 3 aliphatic rings. The van der Waals surface area contributed by atoms with Crippen LogP contribution < -0.4 is 9.62 Å². The average molecular weight is 543 g/mol. The number of amides is 1. The lowest BCUT2D eigenvalue weighted by atomic mass is 10.1. The average Bonchev–Trinajstić information content (AvgIpc) is 3.42. The zero-order chi connectivity index (χ0) is 26.4. The van der Waals surface area contributed by atoms with Gasteiger partial charge in [0.1, 0.15) is 0 Å². The van der Waals surface area contributed by atoms with Crippen LogP contribution >= 0.6 is 0 Å². The van der Waals surface area contributed by atoms with Gasteiger partial charge in [-0.05, 0) is 30.5 Å². The lowest BCUT2D eigenvalue weighted by Gasteiger charge is -2.37. The number of alkyl halides is 3. The molecule has 37 heavy (non-hydrogen) atoms. The number of nitrogens with one attached hydrogen (secondary N) is 1. The number of benzene rings is 1. The molecule has 202 valence electrons. The highest BCUT2D eigenvalue weighted by Gasteiger charge is 2.37. The van der Waals surface area contributed by atoms with E-state index in [1.807, 2.05) is 4.90 Å². The summed E-state index contributed by atoms with van der Waals surface area (Å²) in [5, 5.41) is 3.98. The Hall–Kier alpha value is -2.84. The van der Waals surface area contributed by atoms with E-state index in [1.54, 1.807) is 11.0 Å². The van der Waals surface area contributed by atoms with Crippen molar-refractivity contribution in [2.45, 2.75) is 37.8 Å². The molecule has 1 amide bonds. The minimum absolute atomic E-state index is 0.0474. The van der Waals surface area contributed by atoms with Gasteiger partial charge in [0.2, 0.25) is 10.0 Å². The van der Waals surface area contributed by atoms with E-state index in [2.05, 4.69) is 14.7 Å². The van der Waals surface area contributed by atoms with Crippen LogP contribution in [0, 0.1) is 0 Å². The summed E-state index contributed by atoms with van der Waals surface area (Å²) in [5.74, 6) is 0.0564. The zero-order valence-corrected chi connectivity index (χ0v) is 21.1. The number of carbonyl (C=O) groups is 1. The highest BCUT2D eigenvalue weighted by atomic mass is 32.2. The molecule has 2 bridgehead atoms. The van der Waals surface area contributed by atoms with Gasteiger partial charge in [-0.1, -0.05) is 6.07 Å². The fraction of sp³-hybridized carbons (Fsp3) is 0.565. The standard InChI is InChI=1S/C23H29F3N6O4S/c1-37(34,35)28-21-6-7-32(27-21)22(33)30-10-8-29(9-11-30)13-16-2-3-17(23(24,25)26)12-20(16)31-14-18-4-5-19(15-31)36-18/h2-3,6-7,12,18-19H,4-5,8-11,13-15H2,1H3,(H,27,28). The molecule has 0 spiro atoms. The zero-order valence-electron chi connectivity index (χ0n) is 20.3. The Morgan fingerprint density at radius 2 is 1.78 bits per heavy atom. The Morgan fingerprint density at radius 1 is 1.11 bits per heavy atom. The number of ether oxygens (including phenoxy) is 1. The predicted octanol–water partition coefficient (Wildman–Crippen LogP) is 2.43. The number of nitrogens with zero attached hydrogens (tertiary/aromatic N) is 5. The molecule has 4 heterocycles. The maximum atomic E-state index is 13.5. The molecule has 0 radical (unpaired) electrons. The molecule has 10 nitrogen and oxygen atoms in total. The molecule has 3 fully saturated rings. The van der Waals surface area contributed by atoms with Crippen LogP contribution in [0.2, 0.25) is 0 Å². The quantitative estimate of drug-likeness (QED) is 0.620. The minimum atomic E-state index is -4.42. The van der Waals surface area contributed by atoms with Crippen LogP contribution in [0.4, 0.5) is 29.5 Å². The molecule has 0 aliphatic carbocycles. The Kier molecular flexibility index (Phi) is 6.83. The Balaban J connectivity index is 1.25. The number of hydrogen-bond acceptors (Lipinski definition) is 7. The van der Waals surface area contributed by atoms with E-state index in [4.69, 9.17) is 4.74 Å². The molecular formula is C23H29F3N6O4S. The second kappa shape index (κ2) is 9.80. The van der Waals surface area contributed by atoms with E-state index in [0.717, 1.165) is 35.4 Å². The van der Waals surface area contributed by atoms with Crippen LogP contribution in [0.1, 0.15) is 24.0 Å². The van der Waals surface area contributed by atoms with Crippen molar-refractivity contribution in [2.75, 3.05) is 55.1 Å². The van der Waals surface area contributed by atoms with Crippen LogP contribution in [0.3, 0.4) is 0 Å². The summed E-state index contributed by atoms with van der Waals surface area (Å²) in [4.78, 5) is 18.6. The largest absolute Gasteiger partial charge is 0.416 e. The molecule has 0 saturated carbocycles. The summed E-state index contributed by atoms with van der Waals surface area (Å²) in [6, 6.07) is 4.97. The first-order valence-electron chi connectivity index (χ1n) is 12.1. The first-order valence-corrected chi connectivity index (χ1v) is 14.0. The molecule has 1 aromatic carbocycles. The number of fused-ring (bicyclic) bond motifs is 2. The smallest absolute Gasteiger partial charge is 0.371 e. The molecule has 2 atom stereocenters. The number of halogens is 3. The van der Waals surface area contributed by atoms with Crippen LogP contribution in [0.15, 0.2) is 30.5 Å². The van der Waals surface area contributed by atoms with Crippen molar-refractivity contribution in [2.24, 2.45) is 0 Å². The molecule has 3 saturated heterocycles. The van der Waals surface area contributed by atoms with Crippen LogP contribution in [0.25, 0.3) is 0 Å². The van der Waals surface area contributed by atoms with Crippen molar-refractivity contribution in [1.82, 2.24) is 19.6 Å². The Bertz CT molecular complexity index is 1250. The molecule has 2 unspecified atom stereocenters. The number of aromatic nitrogens is 2. The molecule has 1 N–H and O–H groups in total. The Morgan fingerprint density at radius 3 is 2.41 bits per heavy atom. The number of carbonyl (C=O) groups excluding carboxylic acids is 1. The van der Waals surface area contributed by atoms with Crippen molar-refractivity contribution in [3.8, 4) is 0 Å². The van der Waals surface area contributed by atoms with Gasteiger partial charge >= 0.3 is 12.2 Å².